The van der Waals surface area contributed by atoms with Crippen LogP contribution in [0.15, 0.2) is 44.0 Å². The summed E-state index contributed by atoms with van der Waals surface area (Å²) in [6.45, 7) is 11.8. The van der Waals surface area contributed by atoms with Crippen molar-refractivity contribution in [3.8, 4) is 0 Å². The second kappa shape index (κ2) is 7.25. The fourth-order valence-electron chi connectivity index (χ4n) is 2.95. The van der Waals surface area contributed by atoms with Crippen molar-refractivity contribution in [2.45, 2.75) is 32.9 Å². The Hall–Kier alpha value is -1.84. The highest BCUT2D eigenvalue weighted by Crippen LogP contribution is 2.38. The third kappa shape index (κ3) is 3.84. The standard InChI is InChI=1S/C17H25N2O2/c1-4-14-11-15(5-2)16(12-14)17(20)21-10-9-19-8-7-18(6-3)13-19/h4-5,7-8,13-16H,1-2,6,9-12H2,3H3/q+1. The highest BCUT2D eigenvalue weighted by atomic mass is 16.5. The van der Waals surface area contributed by atoms with Gasteiger partial charge in [-0.1, -0.05) is 12.2 Å². The minimum atomic E-state index is -0.0974. The molecule has 1 aliphatic carbocycles. The van der Waals surface area contributed by atoms with Crippen molar-refractivity contribution >= 4 is 5.97 Å². The van der Waals surface area contributed by atoms with Crippen LogP contribution in [0.5, 0.6) is 0 Å². The van der Waals surface area contributed by atoms with Gasteiger partial charge in [0.1, 0.15) is 25.5 Å². The topological polar surface area (TPSA) is 35.1 Å². The maximum Gasteiger partial charge on any atom is 0.309 e. The number of hydrogen-bond acceptors (Lipinski definition) is 2. The Balaban J connectivity index is 1.81. The molecule has 0 amide bonds. The summed E-state index contributed by atoms with van der Waals surface area (Å²) in [7, 11) is 0. The van der Waals surface area contributed by atoms with Gasteiger partial charge >= 0.3 is 5.97 Å². The Morgan fingerprint density at radius 3 is 2.86 bits per heavy atom. The van der Waals surface area contributed by atoms with Crippen molar-refractivity contribution < 1.29 is 14.1 Å². The van der Waals surface area contributed by atoms with Gasteiger partial charge in [-0.25, -0.2) is 9.13 Å². The molecule has 0 aromatic carbocycles. The molecule has 0 aliphatic heterocycles. The van der Waals surface area contributed by atoms with Gasteiger partial charge in [-0.3, -0.25) is 4.79 Å². The second-order valence-electron chi connectivity index (χ2n) is 5.62. The summed E-state index contributed by atoms with van der Waals surface area (Å²) in [5.74, 6) is 0.461. The molecule has 3 unspecified atom stereocenters. The van der Waals surface area contributed by atoms with Crippen LogP contribution in [0.1, 0.15) is 19.8 Å². The van der Waals surface area contributed by atoms with Crippen molar-refractivity contribution in [3.63, 3.8) is 0 Å². The van der Waals surface area contributed by atoms with Gasteiger partial charge in [0.25, 0.3) is 0 Å². The Bertz CT molecular complexity index is 507. The van der Waals surface area contributed by atoms with Crippen molar-refractivity contribution in [2.75, 3.05) is 6.61 Å². The summed E-state index contributed by atoms with van der Waals surface area (Å²) >= 11 is 0. The minimum Gasteiger partial charge on any atom is -0.461 e. The largest absolute Gasteiger partial charge is 0.461 e. The van der Waals surface area contributed by atoms with E-state index in [4.69, 9.17) is 4.74 Å². The highest BCUT2D eigenvalue weighted by Gasteiger charge is 2.36. The van der Waals surface area contributed by atoms with Gasteiger partial charge in [0.2, 0.25) is 6.33 Å². The van der Waals surface area contributed by atoms with E-state index in [2.05, 4.69) is 24.6 Å². The van der Waals surface area contributed by atoms with Gasteiger partial charge in [-0.15, -0.1) is 13.2 Å². The third-order valence-corrected chi connectivity index (χ3v) is 4.29. The Kier molecular flexibility index (Phi) is 5.37. The maximum absolute atomic E-state index is 12.2. The second-order valence-corrected chi connectivity index (χ2v) is 5.62. The van der Waals surface area contributed by atoms with Crippen molar-refractivity contribution in [1.29, 1.82) is 0 Å². The van der Waals surface area contributed by atoms with E-state index >= 15 is 0 Å². The molecule has 0 bridgehead atoms. The first-order valence-corrected chi connectivity index (χ1v) is 7.64. The molecule has 21 heavy (non-hydrogen) atoms. The summed E-state index contributed by atoms with van der Waals surface area (Å²) in [4.78, 5) is 12.2. The molecule has 1 saturated carbocycles. The first kappa shape index (κ1) is 15.5. The van der Waals surface area contributed by atoms with Gasteiger partial charge in [0.15, 0.2) is 0 Å². The van der Waals surface area contributed by atoms with E-state index in [1.165, 1.54) is 0 Å². The first-order valence-electron chi connectivity index (χ1n) is 7.64. The van der Waals surface area contributed by atoms with Gasteiger partial charge in [-0.05, 0) is 31.6 Å². The predicted molar refractivity (Wildman–Crippen MR) is 81.4 cm³/mol. The molecule has 2 rings (SSSR count). The average Bonchev–Trinajstić information content (AvgIpc) is 3.13. The number of ether oxygens (including phenoxy) is 1. The van der Waals surface area contributed by atoms with Gasteiger partial charge in [-0.2, -0.15) is 0 Å². The van der Waals surface area contributed by atoms with Gasteiger partial charge in [0.05, 0.1) is 12.5 Å². The number of imidazole rings is 1. The van der Waals surface area contributed by atoms with E-state index in [0.29, 0.717) is 19.1 Å². The summed E-state index contributed by atoms with van der Waals surface area (Å²) in [5.41, 5.74) is 0. The van der Waals surface area contributed by atoms with E-state index in [-0.39, 0.29) is 17.8 Å². The number of esters is 1. The zero-order valence-corrected chi connectivity index (χ0v) is 12.8. The fourth-order valence-corrected chi connectivity index (χ4v) is 2.95. The molecule has 0 spiro atoms. The fraction of sp³-hybridized carbons (Fsp3) is 0.529. The lowest BCUT2D eigenvalue weighted by Crippen LogP contribution is -2.35. The molecular formula is C17H25N2O2+. The number of allylic oxidation sites excluding steroid dienone is 2. The van der Waals surface area contributed by atoms with Gasteiger partial charge in [0, 0.05) is 0 Å². The smallest absolute Gasteiger partial charge is 0.309 e. The molecule has 4 heteroatoms. The normalized spacial score (nSPS) is 24.7. The van der Waals surface area contributed by atoms with Crippen LogP contribution >= 0.6 is 0 Å². The van der Waals surface area contributed by atoms with E-state index < -0.39 is 0 Å². The average molecular weight is 289 g/mol. The monoisotopic (exact) mass is 289 g/mol. The van der Waals surface area contributed by atoms with E-state index in [1.54, 1.807) is 0 Å². The van der Waals surface area contributed by atoms with Gasteiger partial charge < -0.3 is 4.74 Å². The van der Waals surface area contributed by atoms with Crippen molar-refractivity contribution in [3.05, 3.63) is 44.0 Å². The molecule has 1 aliphatic rings. The number of nitrogens with zero attached hydrogens (tertiary/aromatic N) is 2. The zero-order chi connectivity index (χ0) is 15.2. The quantitative estimate of drug-likeness (QED) is 0.439. The Labute approximate surface area is 126 Å². The Morgan fingerprint density at radius 1 is 1.43 bits per heavy atom. The summed E-state index contributed by atoms with van der Waals surface area (Å²) in [6.07, 6.45) is 11.6. The molecule has 1 heterocycles. The highest BCUT2D eigenvalue weighted by molar-refractivity contribution is 5.73. The molecule has 0 saturated heterocycles. The zero-order valence-electron chi connectivity index (χ0n) is 12.8. The molecule has 0 N–H and O–H groups in total. The lowest BCUT2D eigenvalue weighted by molar-refractivity contribution is -0.697. The van der Waals surface area contributed by atoms with E-state index in [9.17, 15) is 4.79 Å². The predicted octanol–water partition coefficient (Wildman–Crippen LogP) is 2.35. The Morgan fingerprint density at radius 2 is 2.24 bits per heavy atom. The number of aromatic nitrogens is 2. The van der Waals surface area contributed by atoms with Crippen LogP contribution in [0.25, 0.3) is 0 Å². The summed E-state index contributed by atoms with van der Waals surface area (Å²) < 4.78 is 9.56. The number of rotatable bonds is 7. The minimum absolute atomic E-state index is 0.0595. The van der Waals surface area contributed by atoms with Crippen LogP contribution in [-0.4, -0.2) is 17.1 Å². The van der Waals surface area contributed by atoms with Crippen molar-refractivity contribution in [1.82, 2.24) is 4.57 Å². The van der Waals surface area contributed by atoms with Crippen LogP contribution in [-0.2, 0) is 22.6 Å². The molecule has 1 fully saturated rings. The molecular weight excluding hydrogens is 264 g/mol. The number of carbonyl (C=O) groups excluding carboxylic acids is 1. The lowest BCUT2D eigenvalue weighted by Gasteiger charge is -2.14. The maximum atomic E-state index is 12.2. The van der Waals surface area contributed by atoms with E-state index in [1.807, 2.05) is 35.4 Å². The van der Waals surface area contributed by atoms with Crippen LogP contribution in [0, 0.1) is 17.8 Å². The van der Waals surface area contributed by atoms with Crippen LogP contribution in [0.2, 0.25) is 0 Å². The molecule has 4 nitrogen and oxygen atoms in total. The van der Waals surface area contributed by atoms with E-state index in [0.717, 1.165) is 19.4 Å². The van der Waals surface area contributed by atoms with Crippen LogP contribution in [0.3, 0.4) is 0 Å². The number of hydrogen-bond donors (Lipinski definition) is 0. The number of carbonyl (C=O) groups is 1. The van der Waals surface area contributed by atoms with Crippen LogP contribution in [0.4, 0.5) is 0 Å². The SMILES string of the molecule is C=CC1CC(C=C)C(C(=O)OCC[n+]2ccn(CC)c2)C1. The lowest BCUT2D eigenvalue weighted by atomic mass is 9.96. The molecule has 114 valence electrons. The first-order chi connectivity index (χ1) is 10.2. The summed E-state index contributed by atoms with van der Waals surface area (Å²) in [6, 6.07) is 0. The van der Waals surface area contributed by atoms with Crippen molar-refractivity contribution in [2.24, 2.45) is 17.8 Å². The molecule has 0 radical (unpaired) electrons. The summed E-state index contributed by atoms with van der Waals surface area (Å²) in [5, 5.41) is 0. The molecule has 1 aromatic rings. The molecule has 3 atom stereocenters. The van der Waals surface area contributed by atoms with Crippen LogP contribution < -0.4 is 4.57 Å². The molecule has 1 aromatic heterocycles. The third-order valence-electron chi connectivity index (χ3n) is 4.29. The number of aryl methyl sites for hydroxylation is 1.